The summed E-state index contributed by atoms with van der Waals surface area (Å²) in [6.45, 7) is 5.18. The first-order valence-electron chi connectivity index (χ1n) is 7.91. The van der Waals surface area contributed by atoms with Gasteiger partial charge in [0.25, 0.3) is 11.7 Å². The fourth-order valence-corrected chi connectivity index (χ4v) is 2.84. The Bertz CT molecular complexity index is 811. The Morgan fingerprint density at radius 1 is 1.12 bits per heavy atom. The Hall–Kier alpha value is -2.41. The molecule has 4 nitrogen and oxygen atoms in total. The first kappa shape index (κ1) is 19.9. The highest BCUT2D eigenvalue weighted by atomic mass is 32.2. The third kappa shape index (κ3) is 5.29. The van der Waals surface area contributed by atoms with E-state index in [0.29, 0.717) is 5.69 Å². The number of hydrogen-bond acceptors (Lipinski definition) is 4. The molecular formula is C19H19F2NO3S. The van der Waals surface area contributed by atoms with Crippen LogP contribution >= 0.6 is 11.8 Å². The van der Waals surface area contributed by atoms with Gasteiger partial charge in [0.15, 0.2) is 6.10 Å². The molecule has 0 bridgehead atoms. The number of halogens is 2. The minimum Gasteiger partial charge on any atom is -0.449 e. The van der Waals surface area contributed by atoms with Crippen LogP contribution in [0.5, 0.6) is 0 Å². The first-order chi connectivity index (χ1) is 12.3. The van der Waals surface area contributed by atoms with E-state index in [0.717, 1.165) is 11.1 Å². The highest BCUT2D eigenvalue weighted by molar-refractivity contribution is 7.99. The molecule has 1 N–H and O–H groups in total. The van der Waals surface area contributed by atoms with Crippen LogP contribution in [0, 0.1) is 13.8 Å². The normalized spacial score (nSPS) is 11.9. The highest BCUT2D eigenvalue weighted by Gasteiger charge is 2.22. The molecule has 0 aromatic heterocycles. The third-order valence-electron chi connectivity index (χ3n) is 3.63. The van der Waals surface area contributed by atoms with Crippen molar-refractivity contribution in [1.82, 2.24) is 0 Å². The average molecular weight is 379 g/mol. The number of hydrogen-bond donors (Lipinski definition) is 1. The van der Waals surface area contributed by atoms with Crippen LogP contribution in [-0.2, 0) is 9.53 Å². The van der Waals surface area contributed by atoms with Crippen molar-refractivity contribution in [2.24, 2.45) is 0 Å². The molecule has 2 aromatic carbocycles. The maximum atomic E-state index is 12.6. The Kier molecular flexibility index (Phi) is 6.74. The zero-order valence-electron chi connectivity index (χ0n) is 14.6. The van der Waals surface area contributed by atoms with Crippen molar-refractivity contribution in [3.05, 3.63) is 59.2 Å². The third-order valence-corrected chi connectivity index (χ3v) is 4.42. The Balaban J connectivity index is 2.07. The first-order valence-corrected chi connectivity index (χ1v) is 8.79. The van der Waals surface area contributed by atoms with Gasteiger partial charge in [0, 0.05) is 10.6 Å². The number of carbonyl (C=O) groups excluding carboxylic acids is 2. The Morgan fingerprint density at radius 2 is 1.81 bits per heavy atom. The average Bonchev–Trinajstić information content (AvgIpc) is 2.57. The van der Waals surface area contributed by atoms with Crippen molar-refractivity contribution >= 4 is 29.3 Å². The number of thioether (sulfide) groups is 1. The van der Waals surface area contributed by atoms with Gasteiger partial charge in [-0.25, -0.2) is 4.79 Å². The van der Waals surface area contributed by atoms with Gasteiger partial charge in [0.05, 0.1) is 5.56 Å². The molecule has 1 atom stereocenters. The summed E-state index contributed by atoms with van der Waals surface area (Å²) in [6.07, 6.45) is -1.08. The van der Waals surface area contributed by atoms with Crippen LogP contribution in [0.25, 0.3) is 0 Å². The van der Waals surface area contributed by atoms with E-state index in [9.17, 15) is 18.4 Å². The quantitative estimate of drug-likeness (QED) is 0.578. The van der Waals surface area contributed by atoms with E-state index in [-0.39, 0.29) is 22.2 Å². The molecule has 26 heavy (non-hydrogen) atoms. The summed E-state index contributed by atoms with van der Waals surface area (Å²) in [7, 11) is 0. The molecule has 7 heteroatoms. The van der Waals surface area contributed by atoms with Crippen LogP contribution in [0.4, 0.5) is 14.5 Å². The fraction of sp³-hybridized carbons (Fsp3) is 0.263. The van der Waals surface area contributed by atoms with E-state index in [2.05, 4.69) is 5.32 Å². The standard InChI is InChI=1S/C19H19F2NO3S/c1-11-8-9-12(2)15(10-11)22-17(23)13(3)25-18(24)14-6-4-5-7-16(14)26-19(20)21/h4-10,13,19H,1-3H3,(H,22,23)/t13-/m0/s1. The number of amides is 1. The van der Waals surface area contributed by atoms with Gasteiger partial charge in [0.2, 0.25) is 0 Å². The number of aryl methyl sites for hydroxylation is 2. The Morgan fingerprint density at radius 3 is 2.50 bits per heavy atom. The van der Waals surface area contributed by atoms with Gasteiger partial charge in [-0.15, -0.1) is 0 Å². The summed E-state index contributed by atoms with van der Waals surface area (Å²) >= 11 is 0.260. The van der Waals surface area contributed by atoms with E-state index in [1.807, 2.05) is 32.0 Å². The van der Waals surface area contributed by atoms with Gasteiger partial charge < -0.3 is 10.1 Å². The van der Waals surface area contributed by atoms with Gasteiger partial charge in [-0.05, 0) is 50.1 Å². The number of carbonyl (C=O) groups is 2. The minimum atomic E-state index is -2.66. The summed E-state index contributed by atoms with van der Waals surface area (Å²) in [6, 6.07) is 11.5. The topological polar surface area (TPSA) is 55.4 Å². The van der Waals surface area contributed by atoms with Crippen LogP contribution in [0.3, 0.4) is 0 Å². The number of nitrogens with one attached hydrogen (secondary N) is 1. The second kappa shape index (κ2) is 8.80. The number of alkyl halides is 2. The van der Waals surface area contributed by atoms with Crippen molar-refractivity contribution in [3.63, 3.8) is 0 Å². The lowest BCUT2D eigenvalue weighted by Crippen LogP contribution is -2.30. The summed E-state index contributed by atoms with van der Waals surface area (Å²) in [5, 5.41) is 2.71. The molecule has 138 valence electrons. The predicted octanol–water partition coefficient (Wildman–Crippen LogP) is 4.80. The molecule has 0 radical (unpaired) electrons. The molecule has 2 aromatic rings. The molecule has 2 rings (SSSR count). The van der Waals surface area contributed by atoms with Crippen LogP contribution in [0.15, 0.2) is 47.4 Å². The lowest BCUT2D eigenvalue weighted by atomic mass is 10.1. The summed E-state index contributed by atoms with van der Waals surface area (Å²) in [5.41, 5.74) is 2.49. The largest absolute Gasteiger partial charge is 0.449 e. The van der Waals surface area contributed by atoms with Gasteiger partial charge in [-0.1, -0.05) is 36.0 Å². The van der Waals surface area contributed by atoms with Crippen molar-refractivity contribution in [1.29, 1.82) is 0 Å². The second-order valence-corrected chi connectivity index (χ2v) is 6.76. The van der Waals surface area contributed by atoms with Crippen LogP contribution < -0.4 is 5.32 Å². The number of anilines is 1. The SMILES string of the molecule is Cc1ccc(C)c(NC(=O)[C@H](C)OC(=O)c2ccccc2SC(F)F)c1. The molecule has 0 saturated heterocycles. The molecule has 0 aliphatic carbocycles. The number of esters is 1. The molecule has 0 saturated carbocycles. The minimum absolute atomic E-state index is 0.00388. The van der Waals surface area contributed by atoms with Gasteiger partial charge in [-0.3, -0.25) is 4.79 Å². The van der Waals surface area contributed by atoms with Crippen LogP contribution in [0.2, 0.25) is 0 Å². The predicted molar refractivity (Wildman–Crippen MR) is 97.7 cm³/mol. The number of ether oxygens (including phenoxy) is 1. The molecule has 0 unspecified atom stereocenters. The summed E-state index contributed by atoms with van der Waals surface area (Å²) in [4.78, 5) is 24.7. The number of rotatable bonds is 6. The molecule has 1 amide bonds. The monoisotopic (exact) mass is 379 g/mol. The van der Waals surface area contributed by atoms with Crippen molar-refractivity contribution in [2.75, 3.05) is 5.32 Å². The summed E-state index contributed by atoms with van der Waals surface area (Å²) in [5.74, 6) is -3.97. The van der Waals surface area contributed by atoms with Crippen molar-refractivity contribution in [3.8, 4) is 0 Å². The molecule has 0 aliphatic heterocycles. The molecule has 0 heterocycles. The zero-order valence-corrected chi connectivity index (χ0v) is 15.4. The van der Waals surface area contributed by atoms with E-state index in [4.69, 9.17) is 4.74 Å². The Labute approximate surface area is 154 Å². The summed E-state index contributed by atoms with van der Waals surface area (Å²) < 4.78 is 30.4. The molecular weight excluding hydrogens is 360 g/mol. The smallest absolute Gasteiger partial charge is 0.340 e. The fourth-order valence-electron chi connectivity index (χ4n) is 2.22. The zero-order chi connectivity index (χ0) is 19.3. The van der Waals surface area contributed by atoms with Gasteiger partial charge >= 0.3 is 5.97 Å². The van der Waals surface area contributed by atoms with Crippen LogP contribution in [0.1, 0.15) is 28.4 Å². The maximum absolute atomic E-state index is 12.6. The van der Waals surface area contributed by atoms with Crippen molar-refractivity contribution in [2.45, 2.75) is 37.5 Å². The highest BCUT2D eigenvalue weighted by Crippen LogP contribution is 2.29. The van der Waals surface area contributed by atoms with Gasteiger partial charge in [-0.2, -0.15) is 8.78 Å². The lowest BCUT2D eigenvalue weighted by Gasteiger charge is -2.16. The number of benzene rings is 2. The van der Waals surface area contributed by atoms with Crippen molar-refractivity contribution < 1.29 is 23.1 Å². The second-order valence-electron chi connectivity index (χ2n) is 5.73. The molecule has 0 fully saturated rings. The van der Waals surface area contributed by atoms with Crippen LogP contribution in [-0.4, -0.2) is 23.7 Å². The van der Waals surface area contributed by atoms with Gasteiger partial charge in [0.1, 0.15) is 0 Å². The molecule has 0 spiro atoms. The maximum Gasteiger partial charge on any atom is 0.340 e. The van der Waals surface area contributed by atoms with E-state index >= 15 is 0 Å². The van der Waals surface area contributed by atoms with E-state index < -0.39 is 23.7 Å². The van der Waals surface area contributed by atoms with E-state index in [1.165, 1.54) is 19.1 Å². The molecule has 0 aliphatic rings. The lowest BCUT2D eigenvalue weighted by molar-refractivity contribution is -0.123. The van der Waals surface area contributed by atoms with E-state index in [1.54, 1.807) is 12.1 Å².